The third kappa shape index (κ3) is 5.14. The van der Waals surface area contributed by atoms with Crippen molar-refractivity contribution in [3.05, 3.63) is 47.5 Å². The number of carbonyl (C=O) groups is 2. The van der Waals surface area contributed by atoms with Crippen molar-refractivity contribution in [3.8, 4) is 5.75 Å². The van der Waals surface area contributed by atoms with Crippen molar-refractivity contribution in [2.45, 2.75) is 25.8 Å². The van der Waals surface area contributed by atoms with Gasteiger partial charge in [-0.3, -0.25) is 9.59 Å². The van der Waals surface area contributed by atoms with E-state index in [1.165, 1.54) is 7.11 Å². The molecule has 2 aromatic carbocycles. The van der Waals surface area contributed by atoms with Crippen LogP contribution in [0.4, 0.5) is 17.1 Å². The monoisotopic (exact) mass is 387 g/mol. The Morgan fingerprint density at radius 1 is 1.04 bits per heavy atom. The summed E-state index contributed by atoms with van der Waals surface area (Å²) < 4.78 is 5.10. The molecule has 7 heteroatoms. The third-order valence-corrected chi connectivity index (χ3v) is 4.59. The Bertz CT molecular complexity index is 835. The summed E-state index contributed by atoms with van der Waals surface area (Å²) in [5.41, 5.74) is 2.13. The topological polar surface area (TPSA) is 79.5 Å². The molecule has 142 valence electrons. The average Bonchev–Trinajstić information content (AvgIpc) is 3.48. The Hall–Kier alpha value is -2.73. The van der Waals surface area contributed by atoms with Crippen LogP contribution in [-0.4, -0.2) is 25.0 Å². The summed E-state index contributed by atoms with van der Waals surface area (Å²) >= 11 is 6.07. The largest absolute Gasteiger partial charge is 0.495 e. The van der Waals surface area contributed by atoms with Crippen LogP contribution in [0.15, 0.2) is 42.5 Å². The Morgan fingerprint density at radius 3 is 2.26 bits per heavy atom. The predicted octanol–water partition coefficient (Wildman–Crippen LogP) is 4.14. The molecule has 1 atom stereocenters. The Kier molecular flexibility index (Phi) is 5.86. The highest BCUT2D eigenvalue weighted by Crippen LogP contribution is 2.30. The standard InChI is InChI=1S/C20H22ClN3O3/c1-12(19(25)24-16-9-10-18(27-2)17(21)11-16)22-14-5-7-15(8-6-14)23-20(26)13-3-4-13/h5-13,22H,3-4H2,1-2H3,(H,23,26)(H,24,25). The fourth-order valence-electron chi connectivity index (χ4n) is 2.55. The summed E-state index contributed by atoms with van der Waals surface area (Å²) in [4.78, 5) is 24.1. The van der Waals surface area contributed by atoms with Crippen molar-refractivity contribution in [2.24, 2.45) is 5.92 Å². The molecule has 0 bridgehead atoms. The number of carbonyl (C=O) groups excluding carboxylic acids is 2. The van der Waals surface area contributed by atoms with Crippen LogP contribution in [0.2, 0.25) is 5.02 Å². The molecule has 3 rings (SSSR count). The number of nitrogens with one attached hydrogen (secondary N) is 3. The van der Waals surface area contributed by atoms with Gasteiger partial charge in [0.2, 0.25) is 11.8 Å². The normalized spacial score (nSPS) is 14.2. The molecule has 1 aliphatic carbocycles. The van der Waals surface area contributed by atoms with Gasteiger partial charge in [0.25, 0.3) is 0 Å². The van der Waals surface area contributed by atoms with Crippen molar-refractivity contribution in [2.75, 3.05) is 23.1 Å². The molecule has 0 heterocycles. The Labute approximate surface area is 163 Å². The van der Waals surface area contributed by atoms with Crippen LogP contribution in [-0.2, 0) is 9.59 Å². The van der Waals surface area contributed by atoms with Crippen LogP contribution in [0.5, 0.6) is 5.75 Å². The summed E-state index contributed by atoms with van der Waals surface area (Å²) in [6, 6.07) is 11.9. The van der Waals surface area contributed by atoms with Gasteiger partial charge < -0.3 is 20.7 Å². The molecule has 2 aromatic rings. The van der Waals surface area contributed by atoms with Gasteiger partial charge in [0.1, 0.15) is 11.8 Å². The molecule has 1 aliphatic rings. The van der Waals surface area contributed by atoms with Gasteiger partial charge in [-0.15, -0.1) is 0 Å². The van der Waals surface area contributed by atoms with Crippen LogP contribution in [0.25, 0.3) is 0 Å². The molecule has 1 unspecified atom stereocenters. The van der Waals surface area contributed by atoms with Gasteiger partial charge in [0.15, 0.2) is 0 Å². The summed E-state index contributed by atoms with van der Waals surface area (Å²) in [5, 5.41) is 9.26. The second kappa shape index (κ2) is 8.31. The smallest absolute Gasteiger partial charge is 0.246 e. The van der Waals surface area contributed by atoms with Gasteiger partial charge in [0.05, 0.1) is 12.1 Å². The summed E-state index contributed by atoms with van der Waals surface area (Å²) in [6.07, 6.45) is 1.94. The lowest BCUT2D eigenvalue weighted by molar-refractivity contribution is -0.117. The Balaban J connectivity index is 1.54. The highest BCUT2D eigenvalue weighted by atomic mass is 35.5. The van der Waals surface area contributed by atoms with E-state index < -0.39 is 6.04 Å². The molecular formula is C20H22ClN3O3. The highest BCUT2D eigenvalue weighted by Gasteiger charge is 2.29. The first-order valence-electron chi connectivity index (χ1n) is 8.78. The highest BCUT2D eigenvalue weighted by molar-refractivity contribution is 6.32. The van der Waals surface area contributed by atoms with Crippen LogP contribution in [0.1, 0.15) is 19.8 Å². The van der Waals surface area contributed by atoms with Crippen LogP contribution in [0.3, 0.4) is 0 Å². The number of hydrogen-bond acceptors (Lipinski definition) is 4. The first kappa shape index (κ1) is 19.0. The zero-order chi connectivity index (χ0) is 19.4. The minimum Gasteiger partial charge on any atom is -0.495 e. The van der Waals surface area contributed by atoms with E-state index in [0.717, 1.165) is 24.2 Å². The molecule has 0 radical (unpaired) electrons. The number of ether oxygens (including phenoxy) is 1. The quantitative estimate of drug-likeness (QED) is 0.667. The van der Waals surface area contributed by atoms with E-state index in [0.29, 0.717) is 16.5 Å². The molecule has 2 amide bonds. The van der Waals surface area contributed by atoms with E-state index in [2.05, 4.69) is 16.0 Å². The molecule has 0 saturated heterocycles. The van der Waals surface area contributed by atoms with Crippen LogP contribution >= 0.6 is 11.6 Å². The first-order valence-corrected chi connectivity index (χ1v) is 9.16. The maximum atomic E-state index is 12.4. The van der Waals surface area contributed by atoms with Gasteiger partial charge in [-0.25, -0.2) is 0 Å². The average molecular weight is 388 g/mol. The van der Waals surface area contributed by atoms with Gasteiger partial charge in [-0.1, -0.05) is 11.6 Å². The van der Waals surface area contributed by atoms with Crippen molar-refractivity contribution in [3.63, 3.8) is 0 Å². The summed E-state index contributed by atoms with van der Waals surface area (Å²) in [7, 11) is 1.54. The van der Waals surface area contributed by atoms with E-state index in [1.807, 2.05) is 24.3 Å². The van der Waals surface area contributed by atoms with E-state index in [1.54, 1.807) is 25.1 Å². The van der Waals surface area contributed by atoms with Gasteiger partial charge in [-0.2, -0.15) is 0 Å². The maximum absolute atomic E-state index is 12.4. The molecule has 0 aromatic heterocycles. The third-order valence-electron chi connectivity index (χ3n) is 4.30. The Morgan fingerprint density at radius 2 is 1.67 bits per heavy atom. The second-order valence-corrected chi connectivity index (χ2v) is 6.95. The van der Waals surface area contributed by atoms with Crippen molar-refractivity contribution in [1.29, 1.82) is 0 Å². The zero-order valence-corrected chi connectivity index (χ0v) is 16.0. The maximum Gasteiger partial charge on any atom is 0.246 e. The summed E-state index contributed by atoms with van der Waals surface area (Å²) in [6.45, 7) is 1.77. The number of halogens is 1. The lowest BCUT2D eigenvalue weighted by Crippen LogP contribution is -2.31. The molecule has 0 spiro atoms. The summed E-state index contributed by atoms with van der Waals surface area (Å²) in [5.74, 6) is 0.594. The fourth-order valence-corrected chi connectivity index (χ4v) is 2.81. The first-order chi connectivity index (χ1) is 13.0. The van der Waals surface area contributed by atoms with E-state index in [-0.39, 0.29) is 17.7 Å². The van der Waals surface area contributed by atoms with Crippen molar-refractivity contribution in [1.82, 2.24) is 0 Å². The second-order valence-electron chi connectivity index (χ2n) is 6.55. The number of anilines is 3. The lowest BCUT2D eigenvalue weighted by atomic mass is 10.2. The van der Waals surface area contributed by atoms with E-state index >= 15 is 0 Å². The number of methoxy groups -OCH3 is 1. The molecule has 0 aliphatic heterocycles. The minimum absolute atomic E-state index is 0.0709. The molecule has 1 saturated carbocycles. The van der Waals surface area contributed by atoms with E-state index in [9.17, 15) is 9.59 Å². The minimum atomic E-state index is -0.460. The zero-order valence-electron chi connectivity index (χ0n) is 15.2. The number of rotatable bonds is 7. The SMILES string of the molecule is COc1ccc(NC(=O)C(C)Nc2ccc(NC(=O)C3CC3)cc2)cc1Cl. The van der Waals surface area contributed by atoms with Gasteiger partial charge in [-0.05, 0) is 62.2 Å². The molecule has 6 nitrogen and oxygen atoms in total. The number of hydrogen-bond donors (Lipinski definition) is 3. The van der Waals surface area contributed by atoms with Gasteiger partial charge in [0, 0.05) is 23.0 Å². The lowest BCUT2D eigenvalue weighted by Gasteiger charge is -2.16. The van der Waals surface area contributed by atoms with Crippen molar-refractivity contribution >= 4 is 40.5 Å². The van der Waals surface area contributed by atoms with Crippen molar-refractivity contribution < 1.29 is 14.3 Å². The van der Waals surface area contributed by atoms with E-state index in [4.69, 9.17) is 16.3 Å². The number of amides is 2. The fraction of sp³-hybridized carbons (Fsp3) is 0.300. The van der Waals surface area contributed by atoms with Crippen LogP contribution < -0.4 is 20.7 Å². The molecule has 27 heavy (non-hydrogen) atoms. The predicted molar refractivity (Wildman–Crippen MR) is 108 cm³/mol. The molecule has 1 fully saturated rings. The number of benzene rings is 2. The molecule has 3 N–H and O–H groups in total. The molecular weight excluding hydrogens is 366 g/mol. The van der Waals surface area contributed by atoms with Crippen LogP contribution in [0, 0.1) is 5.92 Å². The van der Waals surface area contributed by atoms with Gasteiger partial charge >= 0.3 is 0 Å².